The predicted molar refractivity (Wildman–Crippen MR) is 88.8 cm³/mol. The number of aromatic nitrogens is 1. The van der Waals surface area contributed by atoms with Gasteiger partial charge in [0.25, 0.3) is 0 Å². The molecular weight excluding hydrogens is 270 g/mol. The molecule has 2 heterocycles. The van der Waals surface area contributed by atoms with E-state index in [1.165, 1.54) is 22.4 Å². The van der Waals surface area contributed by atoms with E-state index in [0.29, 0.717) is 5.75 Å². The van der Waals surface area contributed by atoms with Gasteiger partial charge in [0, 0.05) is 22.9 Å². The lowest BCUT2D eigenvalue weighted by atomic mass is 9.90. The first-order valence-electron chi connectivity index (χ1n) is 7.66. The molecule has 0 radical (unpaired) electrons. The molecule has 1 aliphatic rings. The van der Waals surface area contributed by atoms with E-state index in [0.717, 1.165) is 30.2 Å². The highest BCUT2D eigenvalue weighted by Crippen LogP contribution is 2.35. The first-order valence-corrected chi connectivity index (χ1v) is 7.66. The number of phenols is 1. The number of aromatic hydroxyl groups is 1. The molecule has 1 N–H and O–H groups in total. The van der Waals surface area contributed by atoms with E-state index in [-0.39, 0.29) is 0 Å². The number of benzene rings is 2. The van der Waals surface area contributed by atoms with Crippen LogP contribution in [-0.2, 0) is 19.4 Å². The number of fused-ring (bicyclic) bond motifs is 4. The second-order valence-corrected chi connectivity index (χ2v) is 5.79. The summed E-state index contributed by atoms with van der Waals surface area (Å²) < 4.78 is 2.28. The third kappa shape index (κ3) is 1.84. The standard InChI is InChI=1S/C20H17NO/c1-2-6-17-16-9-5-10-19(22)18(16)13-21-12-11-14-7-3-4-8-15(14)20(17)21/h2-5,7-10,13H,1,6,11-12H2/p+1. The van der Waals surface area contributed by atoms with Crippen LogP contribution in [-0.4, -0.2) is 5.11 Å². The van der Waals surface area contributed by atoms with Gasteiger partial charge in [-0.15, -0.1) is 6.58 Å². The number of nitrogens with zero attached hydrogens (tertiary/aromatic N) is 1. The molecule has 0 atom stereocenters. The van der Waals surface area contributed by atoms with E-state index >= 15 is 0 Å². The molecule has 3 aromatic rings. The summed E-state index contributed by atoms with van der Waals surface area (Å²) in [6, 6.07) is 14.4. The highest BCUT2D eigenvalue weighted by atomic mass is 16.3. The molecule has 2 nitrogen and oxygen atoms in total. The summed E-state index contributed by atoms with van der Waals surface area (Å²) in [5, 5.41) is 12.3. The molecule has 1 aromatic heterocycles. The Labute approximate surface area is 130 Å². The van der Waals surface area contributed by atoms with E-state index in [1.807, 2.05) is 12.1 Å². The number of hydrogen-bond donors (Lipinski definition) is 1. The minimum Gasteiger partial charge on any atom is -0.507 e. The molecule has 1 aliphatic heterocycles. The van der Waals surface area contributed by atoms with Crippen molar-refractivity contribution in [3.63, 3.8) is 0 Å². The van der Waals surface area contributed by atoms with Crippen molar-refractivity contribution in [3.8, 4) is 17.0 Å². The Morgan fingerprint density at radius 1 is 1.09 bits per heavy atom. The Morgan fingerprint density at radius 2 is 1.95 bits per heavy atom. The summed E-state index contributed by atoms with van der Waals surface area (Å²) in [4.78, 5) is 0. The molecule has 0 saturated heterocycles. The van der Waals surface area contributed by atoms with Crippen molar-refractivity contribution in [2.45, 2.75) is 19.4 Å². The van der Waals surface area contributed by atoms with Gasteiger partial charge in [-0.25, -0.2) is 0 Å². The predicted octanol–water partition coefficient (Wildman–Crippen LogP) is 3.78. The number of aryl methyl sites for hydroxylation is 2. The lowest BCUT2D eigenvalue weighted by Gasteiger charge is -2.18. The molecule has 0 saturated carbocycles. The number of phenolic OH excluding ortho intramolecular Hbond substituents is 1. The number of hydrogen-bond acceptors (Lipinski definition) is 1. The van der Waals surface area contributed by atoms with Crippen molar-refractivity contribution in [1.29, 1.82) is 0 Å². The largest absolute Gasteiger partial charge is 0.507 e. The van der Waals surface area contributed by atoms with Gasteiger partial charge in [-0.1, -0.05) is 36.4 Å². The smallest absolute Gasteiger partial charge is 0.216 e. The van der Waals surface area contributed by atoms with Crippen LogP contribution >= 0.6 is 0 Å². The Balaban J connectivity index is 2.14. The van der Waals surface area contributed by atoms with Gasteiger partial charge >= 0.3 is 0 Å². The van der Waals surface area contributed by atoms with Gasteiger partial charge in [-0.3, -0.25) is 0 Å². The summed E-state index contributed by atoms with van der Waals surface area (Å²) in [5.41, 5.74) is 5.21. The molecule has 2 aromatic carbocycles. The fraction of sp³-hybridized carbons (Fsp3) is 0.150. The molecule has 0 bridgehead atoms. The van der Waals surface area contributed by atoms with Gasteiger partial charge in [0.2, 0.25) is 5.69 Å². The lowest BCUT2D eigenvalue weighted by molar-refractivity contribution is -0.686. The Bertz CT molecular complexity index is 896. The average Bonchev–Trinajstić information content (AvgIpc) is 2.55. The topological polar surface area (TPSA) is 24.1 Å². The number of rotatable bonds is 2. The normalized spacial score (nSPS) is 12.7. The van der Waals surface area contributed by atoms with E-state index in [1.54, 1.807) is 6.07 Å². The van der Waals surface area contributed by atoms with Crippen LogP contribution in [0.3, 0.4) is 0 Å². The zero-order valence-corrected chi connectivity index (χ0v) is 12.4. The van der Waals surface area contributed by atoms with Gasteiger partial charge in [0.15, 0.2) is 12.7 Å². The van der Waals surface area contributed by atoms with Crippen molar-refractivity contribution in [2.24, 2.45) is 0 Å². The summed E-state index contributed by atoms with van der Waals surface area (Å²) in [5.74, 6) is 0.344. The van der Waals surface area contributed by atoms with Crippen molar-refractivity contribution in [2.75, 3.05) is 0 Å². The van der Waals surface area contributed by atoms with Gasteiger partial charge in [0.05, 0.1) is 5.39 Å². The fourth-order valence-corrected chi connectivity index (χ4v) is 3.53. The highest BCUT2D eigenvalue weighted by molar-refractivity contribution is 5.92. The van der Waals surface area contributed by atoms with Crippen molar-refractivity contribution >= 4 is 10.8 Å². The second kappa shape index (κ2) is 4.99. The minimum atomic E-state index is 0.344. The molecule has 0 amide bonds. The number of allylic oxidation sites excluding steroid dienone is 1. The fourth-order valence-electron chi connectivity index (χ4n) is 3.53. The van der Waals surface area contributed by atoms with Gasteiger partial charge in [-0.05, 0) is 24.1 Å². The second-order valence-electron chi connectivity index (χ2n) is 5.79. The van der Waals surface area contributed by atoms with E-state index in [4.69, 9.17) is 0 Å². The van der Waals surface area contributed by atoms with Gasteiger partial charge in [0.1, 0.15) is 5.75 Å². The van der Waals surface area contributed by atoms with Crippen LogP contribution in [0.25, 0.3) is 22.0 Å². The summed E-state index contributed by atoms with van der Waals surface area (Å²) in [6.07, 6.45) is 5.85. The lowest BCUT2D eigenvalue weighted by Crippen LogP contribution is -2.41. The Morgan fingerprint density at radius 3 is 2.82 bits per heavy atom. The van der Waals surface area contributed by atoms with Crippen molar-refractivity contribution < 1.29 is 9.67 Å². The van der Waals surface area contributed by atoms with E-state index < -0.39 is 0 Å². The highest BCUT2D eigenvalue weighted by Gasteiger charge is 2.27. The van der Waals surface area contributed by atoms with Crippen LogP contribution in [0.5, 0.6) is 5.75 Å². The SMILES string of the molecule is C=CCc1c2[n+](cc3c(O)cccc13)CCc1ccccc1-2. The summed E-state index contributed by atoms with van der Waals surface area (Å²) in [6.45, 7) is 4.86. The Kier molecular flexibility index (Phi) is 2.97. The first kappa shape index (κ1) is 13.1. The van der Waals surface area contributed by atoms with Gasteiger partial charge < -0.3 is 5.11 Å². The van der Waals surface area contributed by atoms with Crippen LogP contribution in [0.15, 0.2) is 61.3 Å². The molecule has 0 spiro atoms. The summed E-state index contributed by atoms with van der Waals surface area (Å²) >= 11 is 0. The monoisotopic (exact) mass is 288 g/mol. The zero-order chi connectivity index (χ0) is 15.1. The van der Waals surface area contributed by atoms with E-state index in [9.17, 15) is 5.11 Å². The van der Waals surface area contributed by atoms with Crippen LogP contribution in [0.2, 0.25) is 0 Å². The maximum Gasteiger partial charge on any atom is 0.216 e. The number of pyridine rings is 1. The van der Waals surface area contributed by atoms with Crippen LogP contribution in [0.1, 0.15) is 11.1 Å². The maximum absolute atomic E-state index is 10.2. The molecule has 2 heteroatoms. The first-order chi connectivity index (χ1) is 10.8. The average molecular weight is 288 g/mol. The zero-order valence-electron chi connectivity index (χ0n) is 12.4. The molecule has 0 aliphatic carbocycles. The van der Waals surface area contributed by atoms with Crippen molar-refractivity contribution in [1.82, 2.24) is 0 Å². The minimum absolute atomic E-state index is 0.344. The molecule has 22 heavy (non-hydrogen) atoms. The molecule has 0 fully saturated rings. The summed E-state index contributed by atoms with van der Waals surface area (Å²) in [7, 11) is 0. The molecule has 108 valence electrons. The Hall–Kier alpha value is -2.61. The molecule has 0 unspecified atom stereocenters. The molecular formula is C20H18NO+. The third-order valence-corrected chi connectivity index (χ3v) is 4.51. The van der Waals surface area contributed by atoms with Crippen LogP contribution in [0.4, 0.5) is 0 Å². The quantitative estimate of drug-likeness (QED) is 0.563. The molecule has 4 rings (SSSR count). The van der Waals surface area contributed by atoms with Gasteiger partial charge in [-0.2, -0.15) is 4.57 Å². The third-order valence-electron chi connectivity index (χ3n) is 4.51. The van der Waals surface area contributed by atoms with Crippen molar-refractivity contribution in [3.05, 3.63) is 72.4 Å². The van der Waals surface area contributed by atoms with Crippen LogP contribution in [0, 0.1) is 0 Å². The van der Waals surface area contributed by atoms with E-state index in [2.05, 4.69) is 47.7 Å². The maximum atomic E-state index is 10.2. The van der Waals surface area contributed by atoms with Crippen LogP contribution < -0.4 is 4.57 Å².